The van der Waals surface area contributed by atoms with Crippen molar-refractivity contribution in [1.29, 1.82) is 0 Å². The van der Waals surface area contributed by atoms with Gasteiger partial charge in [-0.15, -0.1) is 0 Å². The zero-order chi connectivity index (χ0) is 13.1. The number of rotatable bonds is 3. The summed E-state index contributed by atoms with van der Waals surface area (Å²) in [7, 11) is 0. The fourth-order valence-electron chi connectivity index (χ4n) is 2.30. The Morgan fingerprint density at radius 3 is 3.11 bits per heavy atom. The summed E-state index contributed by atoms with van der Waals surface area (Å²) in [6, 6.07) is 4.55. The molecule has 0 saturated carbocycles. The van der Waals surface area contributed by atoms with Crippen molar-refractivity contribution in [3.8, 4) is 0 Å². The van der Waals surface area contributed by atoms with E-state index in [-0.39, 0.29) is 17.7 Å². The smallest absolute Gasteiger partial charge is 0.156 e. The molecular formula is C12H15BrFN3O. The maximum atomic E-state index is 13.2. The highest BCUT2D eigenvalue weighted by atomic mass is 79.9. The summed E-state index contributed by atoms with van der Waals surface area (Å²) in [5.74, 6) is -0.0345. The summed E-state index contributed by atoms with van der Waals surface area (Å²) >= 11 is 3.41. The SMILES string of the molecule is NC(=NO)C1CCCN1Cc1cc(F)ccc1Br. The van der Waals surface area contributed by atoms with Gasteiger partial charge in [-0.05, 0) is 43.1 Å². The van der Waals surface area contributed by atoms with Crippen molar-refractivity contribution in [2.75, 3.05) is 6.54 Å². The quantitative estimate of drug-likeness (QED) is 0.389. The number of amidine groups is 1. The van der Waals surface area contributed by atoms with Gasteiger partial charge in [0.25, 0.3) is 0 Å². The third-order valence-corrected chi connectivity index (χ3v) is 3.98. The topological polar surface area (TPSA) is 61.9 Å². The van der Waals surface area contributed by atoms with Gasteiger partial charge in [-0.2, -0.15) is 0 Å². The number of oxime groups is 1. The van der Waals surface area contributed by atoms with Gasteiger partial charge in [-0.1, -0.05) is 21.1 Å². The van der Waals surface area contributed by atoms with Crippen LogP contribution in [0.3, 0.4) is 0 Å². The van der Waals surface area contributed by atoms with Crippen LogP contribution in [0.4, 0.5) is 4.39 Å². The molecule has 1 aromatic rings. The number of nitrogens with zero attached hydrogens (tertiary/aromatic N) is 2. The molecule has 1 fully saturated rings. The van der Waals surface area contributed by atoms with Crippen LogP contribution in [0.2, 0.25) is 0 Å². The minimum Gasteiger partial charge on any atom is -0.409 e. The van der Waals surface area contributed by atoms with Gasteiger partial charge in [0.2, 0.25) is 0 Å². The Balaban J connectivity index is 2.15. The highest BCUT2D eigenvalue weighted by molar-refractivity contribution is 9.10. The van der Waals surface area contributed by atoms with E-state index in [4.69, 9.17) is 10.9 Å². The molecule has 1 unspecified atom stereocenters. The molecule has 98 valence electrons. The van der Waals surface area contributed by atoms with Crippen molar-refractivity contribution in [3.05, 3.63) is 34.1 Å². The first-order valence-electron chi connectivity index (χ1n) is 5.77. The van der Waals surface area contributed by atoms with Crippen LogP contribution in [-0.2, 0) is 6.54 Å². The highest BCUT2D eigenvalue weighted by Crippen LogP contribution is 2.24. The van der Waals surface area contributed by atoms with Crippen LogP contribution in [0.5, 0.6) is 0 Å². The van der Waals surface area contributed by atoms with Crippen molar-refractivity contribution >= 4 is 21.8 Å². The second kappa shape index (κ2) is 5.67. The van der Waals surface area contributed by atoms with Gasteiger partial charge in [0.05, 0.1) is 6.04 Å². The molecule has 3 N–H and O–H groups in total. The van der Waals surface area contributed by atoms with Gasteiger partial charge in [0, 0.05) is 11.0 Å². The summed E-state index contributed by atoms with van der Waals surface area (Å²) in [5, 5.41) is 11.8. The summed E-state index contributed by atoms with van der Waals surface area (Å²) in [5.41, 5.74) is 6.53. The Morgan fingerprint density at radius 2 is 2.39 bits per heavy atom. The lowest BCUT2D eigenvalue weighted by molar-refractivity contribution is 0.274. The van der Waals surface area contributed by atoms with Gasteiger partial charge in [0.15, 0.2) is 5.84 Å². The summed E-state index contributed by atoms with van der Waals surface area (Å²) in [6.45, 7) is 1.45. The van der Waals surface area contributed by atoms with Crippen molar-refractivity contribution in [1.82, 2.24) is 4.90 Å². The van der Waals surface area contributed by atoms with Gasteiger partial charge < -0.3 is 10.9 Å². The summed E-state index contributed by atoms with van der Waals surface area (Å²) in [6.07, 6.45) is 1.86. The minimum absolute atomic E-state index is 0.0647. The van der Waals surface area contributed by atoms with E-state index < -0.39 is 0 Å². The largest absolute Gasteiger partial charge is 0.409 e. The normalized spacial score (nSPS) is 21.4. The molecule has 0 amide bonds. The molecule has 0 spiro atoms. The number of nitrogens with two attached hydrogens (primary N) is 1. The number of hydrogen-bond donors (Lipinski definition) is 2. The van der Waals surface area contributed by atoms with Crippen molar-refractivity contribution in [3.63, 3.8) is 0 Å². The first kappa shape index (κ1) is 13.3. The molecule has 1 aliphatic heterocycles. The molecule has 4 nitrogen and oxygen atoms in total. The van der Waals surface area contributed by atoms with Gasteiger partial charge in [-0.25, -0.2) is 4.39 Å². The van der Waals surface area contributed by atoms with E-state index in [9.17, 15) is 4.39 Å². The lowest BCUT2D eigenvalue weighted by Gasteiger charge is -2.23. The van der Waals surface area contributed by atoms with Gasteiger partial charge in [0.1, 0.15) is 5.82 Å². The Kier molecular flexibility index (Phi) is 4.19. The molecule has 0 bridgehead atoms. The molecule has 1 aliphatic rings. The number of likely N-dealkylation sites (tertiary alicyclic amines) is 1. The molecule has 1 saturated heterocycles. The third kappa shape index (κ3) is 2.81. The first-order valence-corrected chi connectivity index (χ1v) is 6.56. The van der Waals surface area contributed by atoms with E-state index in [1.54, 1.807) is 6.07 Å². The second-order valence-electron chi connectivity index (χ2n) is 4.39. The van der Waals surface area contributed by atoms with Crippen LogP contribution >= 0.6 is 15.9 Å². The van der Waals surface area contributed by atoms with Crippen molar-refractivity contribution in [2.45, 2.75) is 25.4 Å². The molecule has 1 heterocycles. The zero-order valence-corrected chi connectivity index (χ0v) is 11.4. The fourth-order valence-corrected chi connectivity index (χ4v) is 2.67. The van der Waals surface area contributed by atoms with E-state index in [1.165, 1.54) is 12.1 Å². The standard InChI is InChI=1S/C12H15BrFN3O/c13-10-4-3-9(14)6-8(10)7-17-5-1-2-11(17)12(15)16-18/h3-4,6,11,18H,1-2,5,7H2,(H2,15,16). The Morgan fingerprint density at radius 1 is 1.61 bits per heavy atom. The predicted octanol–water partition coefficient (Wildman–Crippen LogP) is 2.30. The third-order valence-electron chi connectivity index (χ3n) is 3.20. The average Bonchev–Trinajstić information content (AvgIpc) is 2.81. The lowest BCUT2D eigenvalue weighted by Crippen LogP contribution is -2.40. The molecule has 0 aliphatic carbocycles. The van der Waals surface area contributed by atoms with Crippen LogP contribution < -0.4 is 5.73 Å². The molecule has 18 heavy (non-hydrogen) atoms. The maximum absolute atomic E-state index is 13.2. The lowest BCUT2D eigenvalue weighted by atomic mass is 10.1. The molecule has 0 aromatic heterocycles. The average molecular weight is 316 g/mol. The zero-order valence-electron chi connectivity index (χ0n) is 9.81. The Bertz CT molecular complexity index is 467. The molecule has 1 aromatic carbocycles. The van der Waals surface area contributed by atoms with Gasteiger partial charge >= 0.3 is 0 Å². The number of halogens is 2. The van der Waals surface area contributed by atoms with E-state index in [1.807, 2.05) is 0 Å². The molecule has 6 heteroatoms. The van der Waals surface area contributed by atoms with E-state index in [2.05, 4.69) is 26.0 Å². The molecule has 1 atom stereocenters. The second-order valence-corrected chi connectivity index (χ2v) is 5.24. The summed E-state index contributed by atoms with van der Waals surface area (Å²) < 4.78 is 14.1. The van der Waals surface area contributed by atoms with Crippen LogP contribution in [-0.4, -0.2) is 28.5 Å². The molecule has 2 rings (SSSR count). The van der Waals surface area contributed by atoms with Crippen LogP contribution in [0, 0.1) is 5.82 Å². The Hall–Kier alpha value is -1.14. The fraction of sp³-hybridized carbons (Fsp3) is 0.417. The maximum Gasteiger partial charge on any atom is 0.156 e. The number of benzene rings is 1. The molecule has 0 radical (unpaired) electrons. The number of hydrogen-bond acceptors (Lipinski definition) is 3. The minimum atomic E-state index is -0.257. The van der Waals surface area contributed by atoms with Crippen molar-refractivity contribution in [2.24, 2.45) is 10.9 Å². The highest BCUT2D eigenvalue weighted by Gasteiger charge is 2.28. The monoisotopic (exact) mass is 315 g/mol. The van der Waals surface area contributed by atoms with E-state index in [0.29, 0.717) is 6.54 Å². The molecular weight excluding hydrogens is 301 g/mol. The van der Waals surface area contributed by atoms with Gasteiger partial charge in [-0.3, -0.25) is 4.90 Å². The predicted molar refractivity (Wildman–Crippen MR) is 70.9 cm³/mol. The van der Waals surface area contributed by atoms with E-state index in [0.717, 1.165) is 29.4 Å². The van der Waals surface area contributed by atoms with Crippen LogP contribution in [0.1, 0.15) is 18.4 Å². The van der Waals surface area contributed by atoms with Crippen LogP contribution in [0.15, 0.2) is 27.8 Å². The first-order chi connectivity index (χ1) is 8.61. The summed E-state index contributed by atoms with van der Waals surface area (Å²) in [4.78, 5) is 2.09. The van der Waals surface area contributed by atoms with Crippen molar-refractivity contribution < 1.29 is 9.60 Å². The van der Waals surface area contributed by atoms with Crippen LogP contribution in [0.25, 0.3) is 0 Å². The van der Waals surface area contributed by atoms with E-state index >= 15 is 0 Å². The Labute approximate surface area is 113 Å².